The number of aliphatic hydroxyl groups excluding tert-OH is 1. The molecule has 0 bridgehead atoms. The van der Waals surface area contributed by atoms with Crippen LogP contribution in [0.25, 0.3) is 6.08 Å². The molecule has 3 rings (SSSR count). The molecule has 0 fully saturated rings. The molecule has 2 N–H and O–H groups in total. The lowest BCUT2D eigenvalue weighted by Gasteiger charge is -2.16. The van der Waals surface area contributed by atoms with Crippen LogP contribution in [0.15, 0.2) is 78.1 Å². The molecule has 1 heterocycles. The van der Waals surface area contributed by atoms with E-state index in [0.29, 0.717) is 5.56 Å². The second-order valence-electron chi connectivity index (χ2n) is 6.43. The zero-order valence-corrected chi connectivity index (χ0v) is 15.3. The standard InChI is InChI=1S/C22H20N2O4/c1-24(22(28)16-10-6-3-7-11-16)14-18(25)19-20(26)17(23-21(19)27)13-12-15-8-4-2-5-9-15/h2-13,17,26H,14H2,1H3,(H,23,27). The minimum Gasteiger partial charge on any atom is -0.509 e. The van der Waals surface area contributed by atoms with Crippen LogP contribution < -0.4 is 5.32 Å². The highest BCUT2D eigenvalue weighted by atomic mass is 16.3. The summed E-state index contributed by atoms with van der Waals surface area (Å²) in [4.78, 5) is 38.3. The van der Waals surface area contributed by atoms with Gasteiger partial charge in [0.05, 0.1) is 6.54 Å². The Morgan fingerprint density at radius 2 is 1.68 bits per heavy atom. The van der Waals surface area contributed by atoms with Gasteiger partial charge in [-0.1, -0.05) is 60.7 Å². The Hall–Kier alpha value is -3.67. The predicted molar refractivity (Wildman–Crippen MR) is 105 cm³/mol. The average Bonchev–Trinajstić information content (AvgIpc) is 3.00. The number of carbonyl (C=O) groups excluding carboxylic acids is 3. The molecule has 1 aliphatic heterocycles. The van der Waals surface area contributed by atoms with E-state index in [-0.39, 0.29) is 23.8 Å². The number of hydrogen-bond donors (Lipinski definition) is 2. The van der Waals surface area contributed by atoms with Gasteiger partial charge >= 0.3 is 0 Å². The lowest BCUT2D eigenvalue weighted by Crippen LogP contribution is -2.34. The molecule has 0 spiro atoms. The summed E-state index contributed by atoms with van der Waals surface area (Å²) in [7, 11) is 1.48. The number of nitrogens with zero attached hydrogens (tertiary/aromatic N) is 1. The summed E-state index contributed by atoms with van der Waals surface area (Å²) in [6.07, 6.45) is 3.36. The van der Waals surface area contributed by atoms with Gasteiger partial charge in [0.25, 0.3) is 11.8 Å². The Kier molecular flexibility index (Phi) is 5.69. The van der Waals surface area contributed by atoms with Crippen molar-refractivity contribution in [3.63, 3.8) is 0 Å². The number of likely N-dealkylation sites (N-methyl/N-ethyl adjacent to an activating group) is 1. The SMILES string of the molecule is CN(CC(=O)C1=C(O)C(C=Cc2ccccc2)NC1=O)C(=O)c1ccccc1. The van der Waals surface area contributed by atoms with Crippen molar-refractivity contribution in [3.05, 3.63) is 89.2 Å². The summed E-state index contributed by atoms with van der Waals surface area (Å²) >= 11 is 0. The number of amides is 2. The van der Waals surface area contributed by atoms with Gasteiger partial charge < -0.3 is 15.3 Å². The van der Waals surface area contributed by atoms with Crippen molar-refractivity contribution in [2.45, 2.75) is 6.04 Å². The van der Waals surface area contributed by atoms with E-state index in [2.05, 4.69) is 5.32 Å². The fourth-order valence-corrected chi connectivity index (χ4v) is 2.90. The van der Waals surface area contributed by atoms with Crippen LogP contribution in [-0.2, 0) is 9.59 Å². The lowest BCUT2D eigenvalue weighted by molar-refractivity contribution is -0.122. The van der Waals surface area contributed by atoms with Crippen LogP contribution in [0.2, 0.25) is 0 Å². The Labute approximate surface area is 162 Å². The quantitative estimate of drug-likeness (QED) is 0.758. The van der Waals surface area contributed by atoms with Gasteiger partial charge in [0.1, 0.15) is 17.4 Å². The van der Waals surface area contributed by atoms with Crippen molar-refractivity contribution in [2.24, 2.45) is 0 Å². The second-order valence-corrected chi connectivity index (χ2v) is 6.43. The maximum atomic E-state index is 12.5. The topological polar surface area (TPSA) is 86.7 Å². The molecule has 142 valence electrons. The largest absolute Gasteiger partial charge is 0.509 e. The number of carbonyl (C=O) groups is 3. The maximum Gasteiger partial charge on any atom is 0.259 e. The van der Waals surface area contributed by atoms with Crippen LogP contribution in [0.5, 0.6) is 0 Å². The van der Waals surface area contributed by atoms with E-state index < -0.39 is 17.7 Å². The van der Waals surface area contributed by atoms with Gasteiger partial charge in [-0.25, -0.2) is 0 Å². The molecule has 0 aliphatic carbocycles. The summed E-state index contributed by atoms with van der Waals surface area (Å²) in [6, 6.07) is 17.1. The monoisotopic (exact) mass is 376 g/mol. The van der Waals surface area contributed by atoms with Gasteiger partial charge in [0, 0.05) is 12.6 Å². The molecule has 1 aliphatic rings. The minimum absolute atomic E-state index is 0.310. The first-order valence-electron chi connectivity index (χ1n) is 8.78. The lowest BCUT2D eigenvalue weighted by atomic mass is 10.1. The van der Waals surface area contributed by atoms with Gasteiger partial charge in [-0.15, -0.1) is 0 Å². The number of benzene rings is 2. The molecule has 0 radical (unpaired) electrons. The van der Waals surface area contributed by atoms with Crippen molar-refractivity contribution in [1.82, 2.24) is 10.2 Å². The summed E-state index contributed by atoms with van der Waals surface area (Å²) in [5.74, 6) is -1.93. The Morgan fingerprint density at radius 3 is 2.32 bits per heavy atom. The molecule has 6 heteroatoms. The molecule has 2 aromatic carbocycles. The highest BCUT2D eigenvalue weighted by Crippen LogP contribution is 2.19. The first-order valence-corrected chi connectivity index (χ1v) is 8.78. The third kappa shape index (κ3) is 4.17. The van der Waals surface area contributed by atoms with Crippen LogP contribution in [0.1, 0.15) is 15.9 Å². The van der Waals surface area contributed by atoms with E-state index in [0.717, 1.165) is 5.56 Å². The highest BCUT2D eigenvalue weighted by Gasteiger charge is 2.35. The average molecular weight is 376 g/mol. The van der Waals surface area contributed by atoms with Gasteiger partial charge in [-0.3, -0.25) is 14.4 Å². The molecule has 0 aromatic heterocycles. The van der Waals surface area contributed by atoms with E-state index >= 15 is 0 Å². The van der Waals surface area contributed by atoms with Crippen LogP contribution in [0.4, 0.5) is 0 Å². The zero-order chi connectivity index (χ0) is 20.1. The van der Waals surface area contributed by atoms with E-state index in [1.165, 1.54) is 11.9 Å². The Bertz CT molecular complexity index is 949. The molecule has 1 atom stereocenters. The highest BCUT2D eigenvalue weighted by molar-refractivity contribution is 6.22. The Morgan fingerprint density at radius 1 is 1.07 bits per heavy atom. The summed E-state index contributed by atoms with van der Waals surface area (Å²) in [6.45, 7) is -0.310. The third-order valence-corrected chi connectivity index (χ3v) is 4.37. The molecule has 1 unspecified atom stereocenters. The minimum atomic E-state index is -0.776. The third-order valence-electron chi connectivity index (χ3n) is 4.37. The van der Waals surface area contributed by atoms with Crippen molar-refractivity contribution in [2.75, 3.05) is 13.6 Å². The predicted octanol–water partition coefficient (Wildman–Crippen LogP) is 2.35. The molecule has 0 saturated heterocycles. The van der Waals surface area contributed by atoms with Gasteiger partial charge in [-0.2, -0.15) is 0 Å². The van der Waals surface area contributed by atoms with E-state index in [1.54, 1.807) is 42.5 Å². The number of nitrogens with one attached hydrogen (secondary N) is 1. The fraction of sp³-hybridized carbons (Fsp3) is 0.136. The van der Waals surface area contributed by atoms with Crippen molar-refractivity contribution in [3.8, 4) is 0 Å². The summed E-state index contributed by atoms with van der Waals surface area (Å²) in [5.41, 5.74) is 1.03. The zero-order valence-electron chi connectivity index (χ0n) is 15.3. The first-order chi connectivity index (χ1) is 13.5. The number of Topliss-reactive ketones (excluding diaryl/α,β-unsaturated/α-hetero) is 1. The van der Waals surface area contributed by atoms with Gasteiger partial charge in [0.2, 0.25) is 0 Å². The first kappa shape index (κ1) is 19.1. The molecular weight excluding hydrogens is 356 g/mol. The number of aliphatic hydroxyl groups is 1. The van der Waals surface area contributed by atoms with Crippen molar-refractivity contribution < 1.29 is 19.5 Å². The fourth-order valence-electron chi connectivity index (χ4n) is 2.90. The molecule has 6 nitrogen and oxygen atoms in total. The summed E-state index contributed by atoms with van der Waals surface area (Å²) in [5, 5.41) is 12.9. The molecule has 0 saturated carbocycles. The second kappa shape index (κ2) is 8.35. The van der Waals surface area contributed by atoms with Gasteiger partial charge in [0.15, 0.2) is 5.78 Å². The van der Waals surface area contributed by atoms with E-state index in [4.69, 9.17) is 0 Å². The van der Waals surface area contributed by atoms with E-state index in [9.17, 15) is 19.5 Å². The van der Waals surface area contributed by atoms with Crippen molar-refractivity contribution >= 4 is 23.7 Å². The Balaban J connectivity index is 1.71. The van der Waals surface area contributed by atoms with Crippen LogP contribution in [0, 0.1) is 0 Å². The normalized spacial score (nSPS) is 16.3. The van der Waals surface area contributed by atoms with Crippen LogP contribution in [-0.4, -0.2) is 47.2 Å². The smallest absolute Gasteiger partial charge is 0.259 e. The molecular formula is C22H20N2O4. The molecule has 2 aromatic rings. The molecule has 2 amide bonds. The number of hydrogen-bond acceptors (Lipinski definition) is 4. The number of ketones is 1. The van der Waals surface area contributed by atoms with Crippen LogP contribution in [0.3, 0.4) is 0 Å². The molecule has 28 heavy (non-hydrogen) atoms. The van der Waals surface area contributed by atoms with Gasteiger partial charge in [-0.05, 0) is 17.7 Å². The number of rotatable bonds is 6. The van der Waals surface area contributed by atoms with Crippen molar-refractivity contribution in [1.29, 1.82) is 0 Å². The van der Waals surface area contributed by atoms with E-state index in [1.807, 2.05) is 30.3 Å². The van der Waals surface area contributed by atoms with Crippen LogP contribution >= 0.6 is 0 Å². The maximum absolute atomic E-state index is 12.5. The summed E-state index contributed by atoms with van der Waals surface area (Å²) < 4.78 is 0.